The fraction of sp³-hybridized carbons (Fsp3) is 0.519. The standard InChI is InChI=1S/C27H37N3OS/c1-20-10-9-16-27(2,29-20)15-6-3-7-17-30-23-13-4-5-14-24(23)32-25(26(30)31)19-21-11-8-12-22(28)18-21/h4-5,8,11-14,18,20,25,29H,3,6-7,9-10,15-17,19,28H2,1-2H3/t20-,25?,27+/m0/s1. The van der Waals surface area contributed by atoms with E-state index in [0.29, 0.717) is 12.5 Å². The molecule has 32 heavy (non-hydrogen) atoms. The number of piperidine rings is 1. The number of amides is 1. The summed E-state index contributed by atoms with van der Waals surface area (Å²) in [6.45, 7) is 5.48. The van der Waals surface area contributed by atoms with Crippen LogP contribution in [0.25, 0.3) is 0 Å². The summed E-state index contributed by atoms with van der Waals surface area (Å²) in [6, 6.07) is 16.9. The zero-order valence-corrected chi connectivity index (χ0v) is 20.3. The van der Waals surface area contributed by atoms with Gasteiger partial charge in [0.1, 0.15) is 0 Å². The lowest BCUT2D eigenvalue weighted by molar-refractivity contribution is -0.118. The molecule has 3 N–H and O–H groups in total. The number of fused-ring (bicyclic) bond motifs is 1. The number of anilines is 2. The summed E-state index contributed by atoms with van der Waals surface area (Å²) in [5.41, 5.74) is 9.19. The van der Waals surface area contributed by atoms with Crippen LogP contribution in [-0.2, 0) is 11.2 Å². The molecule has 1 fully saturated rings. The molecule has 2 aliphatic heterocycles. The van der Waals surface area contributed by atoms with E-state index in [4.69, 9.17) is 5.73 Å². The Bertz CT molecular complexity index is 933. The fourth-order valence-electron chi connectivity index (χ4n) is 5.27. The highest BCUT2D eigenvalue weighted by atomic mass is 32.2. The molecule has 1 amide bonds. The molecule has 1 unspecified atom stereocenters. The Morgan fingerprint density at radius 3 is 2.81 bits per heavy atom. The number of para-hydroxylation sites is 1. The van der Waals surface area contributed by atoms with Gasteiger partial charge in [0.2, 0.25) is 5.91 Å². The minimum absolute atomic E-state index is 0.0986. The molecule has 4 nitrogen and oxygen atoms in total. The maximum Gasteiger partial charge on any atom is 0.240 e. The second-order valence-corrected chi connectivity index (χ2v) is 11.1. The molecule has 2 aromatic carbocycles. The second kappa shape index (κ2) is 10.3. The summed E-state index contributed by atoms with van der Waals surface area (Å²) in [7, 11) is 0. The number of carbonyl (C=O) groups excluding carboxylic acids is 1. The van der Waals surface area contributed by atoms with Crippen LogP contribution in [0.2, 0.25) is 0 Å². The summed E-state index contributed by atoms with van der Waals surface area (Å²) in [5, 5.41) is 3.71. The predicted molar refractivity (Wildman–Crippen MR) is 136 cm³/mol. The third-order valence-corrected chi connectivity index (χ3v) is 8.16. The van der Waals surface area contributed by atoms with Crippen LogP contribution in [0.1, 0.15) is 64.4 Å². The predicted octanol–water partition coefficient (Wildman–Crippen LogP) is 5.80. The van der Waals surface area contributed by atoms with Gasteiger partial charge in [0.05, 0.1) is 10.9 Å². The van der Waals surface area contributed by atoms with Crippen molar-refractivity contribution < 1.29 is 4.79 Å². The van der Waals surface area contributed by atoms with Crippen LogP contribution in [0.15, 0.2) is 53.4 Å². The molecule has 4 rings (SSSR count). The number of nitrogen functional groups attached to an aromatic ring is 1. The highest BCUT2D eigenvalue weighted by Gasteiger charge is 2.33. The number of benzene rings is 2. The molecule has 5 heteroatoms. The largest absolute Gasteiger partial charge is 0.399 e. The van der Waals surface area contributed by atoms with Gasteiger partial charge < -0.3 is 16.0 Å². The number of hydrogen-bond acceptors (Lipinski definition) is 4. The van der Waals surface area contributed by atoms with Crippen molar-refractivity contribution in [2.45, 2.75) is 86.9 Å². The summed E-state index contributed by atoms with van der Waals surface area (Å²) >= 11 is 1.69. The van der Waals surface area contributed by atoms with Crippen LogP contribution >= 0.6 is 11.8 Å². The Labute approximate surface area is 197 Å². The summed E-state index contributed by atoms with van der Waals surface area (Å²) in [4.78, 5) is 16.7. The Balaban J connectivity index is 1.35. The van der Waals surface area contributed by atoms with Crippen molar-refractivity contribution >= 4 is 29.0 Å². The molecular weight excluding hydrogens is 414 g/mol. The number of carbonyl (C=O) groups is 1. The first-order chi connectivity index (χ1) is 15.4. The lowest BCUT2D eigenvalue weighted by Crippen LogP contribution is -2.50. The third kappa shape index (κ3) is 5.68. The maximum atomic E-state index is 13.4. The fourth-order valence-corrected chi connectivity index (χ4v) is 6.53. The molecule has 0 aliphatic carbocycles. The Kier molecular flexibility index (Phi) is 7.47. The van der Waals surface area contributed by atoms with Gasteiger partial charge >= 0.3 is 0 Å². The van der Waals surface area contributed by atoms with E-state index in [1.807, 2.05) is 29.2 Å². The van der Waals surface area contributed by atoms with Gasteiger partial charge in [-0.15, -0.1) is 11.8 Å². The highest BCUT2D eigenvalue weighted by Crippen LogP contribution is 2.40. The first kappa shape index (κ1) is 23.2. The monoisotopic (exact) mass is 451 g/mol. The number of rotatable bonds is 8. The van der Waals surface area contributed by atoms with Crippen molar-refractivity contribution in [3.63, 3.8) is 0 Å². The van der Waals surface area contributed by atoms with Crippen LogP contribution in [0, 0.1) is 0 Å². The average molecular weight is 452 g/mol. The van der Waals surface area contributed by atoms with Gasteiger partial charge in [0, 0.05) is 28.7 Å². The first-order valence-corrected chi connectivity index (χ1v) is 13.0. The van der Waals surface area contributed by atoms with Crippen LogP contribution in [0.5, 0.6) is 0 Å². The zero-order chi connectivity index (χ0) is 22.6. The minimum Gasteiger partial charge on any atom is -0.399 e. The van der Waals surface area contributed by atoms with Crippen molar-refractivity contribution in [2.24, 2.45) is 0 Å². The highest BCUT2D eigenvalue weighted by molar-refractivity contribution is 8.01. The number of hydrogen-bond donors (Lipinski definition) is 2. The molecule has 0 saturated carbocycles. The van der Waals surface area contributed by atoms with E-state index in [2.05, 4.69) is 43.4 Å². The van der Waals surface area contributed by atoms with Crippen molar-refractivity contribution in [1.29, 1.82) is 0 Å². The van der Waals surface area contributed by atoms with Crippen molar-refractivity contribution in [3.8, 4) is 0 Å². The van der Waals surface area contributed by atoms with Gasteiger partial charge in [-0.3, -0.25) is 4.79 Å². The molecule has 0 spiro atoms. The van der Waals surface area contributed by atoms with Gasteiger partial charge in [-0.2, -0.15) is 0 Å². The summed E-state index contributed by atoms with van der Waals surface area (Å²) in [5.74, 6) is 0.228. The third-order valence-electron chi connectivity index (χ3n) is 6.91. The molecule has 3 atom stereocenters. The molecule has 172 valence electrons. The lowest BCUT2D eigenvalue weighted by Gasteiger charge is -2.39. The second-order valence-electron chi connectivity index (χ2n) is 9.82. The van der Waals surface area contributed by atoms with Gasteiger partial charge in [-0.25, -0.2) is 0 Å². The van der Waals surface area contributed by atoms with E-state index in [1.54, 1.807) is 11.8 Å². The Hall–Kier alpha value is -1.98. The summed E-state index contributed by atoms with van der Waals surface area (Å²) < 4.78 is 0. The van der Waals surface area contributed by atoms with Crippen LogP contribution < -0.4 is 16.0 Å². The molecule has 0 bridgehead atoms. The Morgan fingerprint density at radius 1 is 1.16 bits per heavy atom. The smallest absolute Gasteiger partial charge is 0.240 e. The quantitative estimate of drug-likeness (QED) is 0.393. The molecule has 1 saturated heterocycles. The number of unbranched alkanes of at least 4 members (excludes halogenated alkanes) is 2. The van der Waals surface area contributed by atoms with Gasteiger partial charge in [-0.1, -0.05) is 43.5 Å². The molecular formula is C27H37N3OS. The van der Waals surface area contributed by atoms with Crippen LogP contribution in [0.4, 0.5) is 11.4 Å². The normalized spacial score (nSPS) is 25.6. The summed E-state index contributed by atoms with van der Waals surface area (Å²) in [6.07, 6.45) is 9.24. The first-order valence-electron chi connectivity index (χ1n) is 12.1. The van der Waals surface area contributed by atoms with Gasteiger partial charge in [-0.05, 0) is 75.8 Å². The molecule has 2 aromatic rings. The number of thioether (sulfide) groups is 1. The minimum atomic E-state index is -0.0986. The van der Waals surface area contributed by atoms with Crippen molar-refractivity contribution in [1.82, 2.24) is 5.32 Å². The number of nitrogens with zero attached hydrogens (tertiary/aromatic N) is 1. The van der Waals surface area contributed by atoms with E-state index >= 15 is 0 Å². The topological polar surface area (TPSA) is 58.4 Å². The van der Waals surface area contributed by atoms with Gasteiger partial charge in [0.15, 0.2) is 0 Å². The maximum absolute atomic E-state index is 13.4. The van der Waals surface area contributed by atoms with Crippen LogP contribution in [-0.4, -0.2) is 29.3 Å². The average Bonchev–Trinajstić information content (AvgIpc) is 2.75. The van der Waals surface area contributed by atoms with E-state index < -0.39 is 0 Å². The lowest BCUT2D eigenvalue weighted by atomic mass is 9.84. The van der Waals surface area contributed by atoms with Crippen molar-refractivity contribution in [3.05, 3.63) is 54.1 Å². The SMILES string of the molecule is C[C@H]1CCC[C@@](C)(CCCCCN2C(=O)C(Cc3cccc(N)c3)Sc3ccccc32)N1. The molecule has 2 aliphatic rings. The van der Waals surface area contributed by atoms with Crippen LogP contribution in [0.3, 0.4) is 0 Å². The molecule has 0 radical (unpaired) electrons. The Morgan fingerprint density at radius 2 is 2.00 bits per heavy atom. The molecule has 2 heterocycles. The van der Waals surface area contributed by atoms with E-state index in [9.17, 15) is 4.79 Å². The molecule has 0 aromatic heterocycles. The number of nitrogens with one attached hydrogen (secondary N) is 1. The zero-order valence-electron chi connectivity index (χ0n) is 19.5. The van der Waals surface area contributed by atoms with E-state index in [-0.39, 0.29) is 16.7 Å². The van der Waals surface area contributed by atoms with Crippen molar-refractivity contribution in [2.75, 3.05) is 17.2 Å². The number of nitrogens with two attached hydrogens (primary N) is 1. The van der Waals surface area contributed by atoms with E-state index in [0.717, 1.165) is 36.3 Å². The van der Waals surface area contributed by atoms with E-state index in [1.165, 1.54) is 37.0 Å². The van der Waals surface area contributed by atoms with Gasteiger partial charge in [0.25, 0.3) is 0 Å².